The van der Waals surface area contributed by atoms with Gasteiger partial charge in [0.1, 0.15) is 11.5 Å². The molecule has 2 aromatic heterocycles. The standard InChI is InChI=1S/C27H26N4O5/c32-16-2-4-22-18(12-16)20(14-28-22)24-25(27(35)29-26(24)34)21-15-31(23-5-3-17(33)13-19(21)23)7-1-6-30-8-10-36-11-9-30/h2-5,12-15,28,32-33H,1,6-11H2,(H,29,34,35). The van der Waals surface area contributed by atoms with Crippen molar-refractivity contribution in [3.63, 3.8) is 0 Å². The maximum absolute atomic E-state index is 13.1. The predicted octanol–water partition coefficient (Wildman–Crippen LogP) is 2.82. The van der Waals surface area contributed by atoms with Gasteiger partial charge in [0.25, 0.3) is 11.8 Å². The lowest BCUT2D eigenvalue weighted by Crippen LogP contribution is -2.37. The zero-order chi connectivity index (χ0) is 24.8. The van der Waals surface area contributed by atoms with Gasteiger partial charge in [-0.1, -0.05) is 0 Å². The van der Waals surface area contributed by atoms with Crippen LogP contribution in [0.25, 0.3) is 33.0 Å². The summed E-state index contributed by atoms with van der Waals surface area (Å²) in [4.78, 5) is 31.6. The van der Waals surface area contributed by atoms with Crippen LogP contribution >= 0.6 is 0 Å². The smallest absolute Gasteiger partial charge is 0.259 e. The van der Waals surface area contributed by atoms with Gasteiger partial charge in [-0.3, -0.25) is 19.8 Å². The van der Waals surface area contributed by atoms with E-state index in [1.165, 1.54) is 0 Å². The molecular weight excluding hydrogens is 460 g/mol. The van der Waals surface area contributed by atoms with Crippen LogP contribution in [0.5, 0.6) is 11.5 Å². The van der Waals surface area contributed by atoms with Crippen molar-refractivity contribution in [1.29, 1.82) is 0 Å². The molecule has 0 spiro atoms. The number of ether oxygens (including phenoxy) is 1. The van der Waals surface area contributed by atoms with E-state index in [1.54, 1.807) is 36.5 Å². The number of aromatic amines is 1. The van der Waals surface area contributed by atoms with Gasteiger partial charge in [0.05, 0.1) is 24.4 Å². The molecule has 2 aromatic carbocycles. The second-order valence-electron chi connectivity index (χ2n) is 9.21. The Balaban J connectivity index is 1.45. The molecular formula is C27H26N4O5. The van der Waals surface area contributed by atoms with Crippen molar-refractivity contribution >= 4 is 44.8 Å². The summed E-state index contributed by atoms with van der Waals surface area (Å²) in [6.07, 6.45) is 4.47. The van der Waals surface area contributed by atoms with Crippen LogP contribution in [-0.2, 0) is 20.9 Å². The number of phenolic OH excluding ortho intramolecular Hbond substituents is 2. The molecule has 4 aromatic rings. The SMILES string of the molecule is O=C1NC(=O)C(c2cn(CCCN3CCOCC3)c3ccc(O)cc23)=C1c1c[nH]c2ccc(O)cc12. The van der Waals surface area contributed by atoms with Crippen molar-refractivity contribution < 1.29 is 24.5 Å². The highest BCUT2D eigenvalue weighted by Gasteiger charge is 2.35. The summed E-state index contributed by atoms with van der Waals surface area (Å²) < 4.78 is 7.50. The molecule has 4 heterocycles. The summed E-state index contributed by atoms with van der Waals surface area (Å²) in [5, 5.41) is 24.1. The number of nitrogens with zero attached hydrogens (tertiary/aromatic N) is 2. The molecule has 9 nitrogen and oxygen atoms in total. The summed E-state index contributed by atoms with van der Waals surface area (Å²) in [5.41, 5.74) is 3.23. The minimum atomic E-state index is -0.493. The van der Waals surface area contributed by atoms with Gasteiger partial charge in [0.2, 0.25) is 0 Å². The highest BCUT2D eigenvalue weighted by molar-refractivity contribution is 6.50. The van der Waals surface area contributed by atoms with Crippen LogP contribution in [0, 0.1) is 0 Å². The molecule has 4 N–H and O–H groups in total. The Morgan fingerprint density at radius 1 is 0.861 bits per heavy atom. The lowest BCUT2D eigenvalue weighted by Gasteiger charge is -2.26. The molecule has 6 rings (SSSR count). The van der Waals surface area contributed by atoms with Crippen LogP contribution in [0.15, 0.2) is 48.8 Å². The van der Waals surface area contributed by atoms with Crippen molar-refractivity contribution in [3.05, 3.63) is 59.9 Å². The highest BCUT2D eigenvalue weighted by Crippen LogP contribution is 2.39. The number of aromatic nitrogens is 2. The summed E-state index contributed by atoms with van der Waals surface area (Å²) in [5.74, 6) is -0.830. The number of benzene rings is 2. The maximum atomic E-state index is 13.1. The monoisotopic (exact) mass is 486 g/mol. The van der Waals surface area contributed by atoms with Crippen LogP contribution in [0.2, 0.25) is 0 Å². The van der Waals surface area contributed by atoms with Gasteiger partial charge in [-0.2, -0.15) is 0 Å². The summed E-state index contributed by atoms with van der Waals surface area (Å²) >= 11 is 0. The first-order valence-corrected chi connectivity index (χ1v) is 12.0. The Kier molecular flexibility index (Phi) is 5.50. The number of hydrogen-bond donors (Lipinski definition) is 4. The van der Waals surface area contributed by atoms with Crippen molar-refractivity contribution in [2.75, 3.05) is 32.8 Å². The molecule has 184 valence electrons. The third-order valence-corrected chi connectivity index (χ3v) is 6.98. The number of carbonyl (C=O) groups excluding carboxylic acids is 2. The fourth-order valence-electron chi connectivity index (χ4n) is 5.24. The number of carbonyl (C=O) groups is 2. The second-order valence-corrected chi connectivity index (χ2v) is 9.21. The van der Waals surface area contributed by atoms with Crippen molar-refractivity contribution in [2.24, 2.45) is 0 Å². The molecule has 0 atom stereocenters. The lowest BCUT2D eigenvalue weighted by atomic mass is 9.95. The third-order valence-electron chi connectivity index (χ3n) is 6.98. The Morgan fingerprint density at radius 2 is 1.56 bits per heavy atom. The van der Waals surface area contributed by atoms with Crippen LogP contribution in [0.4, 0.5) is 0 Å². The normalized spacial score (nSPS) is 17.0. The van der Waals surface area contributed by atoms with Crippen molar-refractivity contribution in [2.45, 2.75) is 13.0 Å². The number of nitrogens with one attached hydrogen (secondary N) is 2. The summed E-state index contributed by atoms with van der Waals surface area (Å²) in [7, 11) is 0. The number of H-pyrrole nitrogens is 1. The Bertz CT molecular complexity index is 1540. The largest absolute Gasteiger partial charge is 0.508 e. The molecule has 2 aliphatic rings. The predicted molar refractivity (Wildman–Crippen MR) is 135 cm³/mol. The third kappa shape index (κ3) is 3.82. The number of aromatic hydroxyl groups is 2. The van der Waals surface area contributed by atoms with Crippen molar-refractivity contribution in [3.8, 4) is 11.5 Å². The summed E-state index contributed by atoms with van der Waals surface area (Å²) in [6.45, 7) is 5.00. The van der Waals surface area contributed by atoms with E-state index in [0.29, 0.717) is 21.9 Å². The molecule has 0 radical (unpaired) electrons. The van der Waals surface area contributed by atoms with E-state index in [9.17, 15) is 19.8 Å². The first-order chi connectivity index (χ1) is 17.5. The first kappa shape index (κ1) is 22.4. The van der Waals surface area contributed by atoms with Gasteiger partial charge in [-0.25, -0.2) is 0 Å². The topological polar surface area (TPSA) is 120 Å². The number of phenols is 2. The number of morpholine rings is 1. The van der Waals surface area contributed by atoms with E-state index in [4.69, 9.17) is 4.74 Å². The first-order valence-electron chi connectivity index (χ1n) is 12.0. The van der Waals surface area contributed by atoms with Crippen LogP contribution in [0.3, 0.4) is 0 Å². The molecule has 1 fully saturated rings. The number of imide groups is 1. The van der Waals surface area contributed by atoms with Gasteiger partial charge in [0, 0.05) is 71.5 Å². The van der Waals surface area contributed by atoms with E-state index in [-0.39, 0.29) is 22.6 Å². The molecule has 0 saturated carbocycles. The number of amides is 2. The Morgan fingerprint density at radius 3 is 2.33 bits per heavy atom. The molecule has 1 saturated heterocycles. The number of aryl methyl sites for hydroxylation is 1. The van der Waals surface area contributed by atoms with Gasteiger partial charge >= 0.3 is 0 Å². The number of hydrogen-bond acceptors (Lipinski definition) is 6. The molecule has 0 aliphatic carbocycles. The molecule has 2 aliphatic heterocycles. The van der Waals surface area contributed by atoms with E-state index < -0.39 is 11.8 Å². The van der Waals surface area contributed by atoms with Crippen LogP contribution in [0.1, 0.15) is 17.5 Å². The van der Waals surface area contributed by atoms with E-state index >= 15 is 0 Å². The second kappa shape index (κ2) is 8.85. The van der Waals surface area contributed by atoms with E-state index in [0.717, 1.165) is 56.8 Å². The Hall–Kier alpha value is -4.08. The molecule has 0 unspecified atom stereocenters. The fourth-order valence-corrected chi connectivity index (χ4v) is 5.24. The Labute approximate surface area is 206 Å². The summed E-state index contributed by atoms with van der Waals surface area (Å²) in [6, 6.07) is 9.95. The average molecular weight is 487 g/mol. The molecule has 36 heavy (non-hydrogen) atoms. The molecule has 0 bridgehead atoms. The molecule has 2 amide bonds. The van der Waals surface area contributed by atoms with Gasteiger partial charge in [-0.05, 0) is 42.8 Å². The highest BCUT2D eigenvalue weighted by atomic mass is 16.5. The quantitative estimate of drug-likeness (QED) is 0.311. The van der Waals surface area contributed by atoms with Crippen LogP contribution < -0.4 is 5.32 Å². The lowest BCUT2D eigenvalue weighted by molar-refractivity contribution is -0.122. The minimum Gasteiger partial charge on any atom is -0.508 e. The zero-order valence-electron chi connectivity index (χ0n) is 19.6. The van der Waals surface area contributed by atoms with Crippen LogP contribution in [-0.4, -0.2) is 69.3 Å². The van der Waals surface area contributed by atoms with E-state index in [1.807, 2.05) is 12.3 Å². The fraction of sp³-hybridized carbons (Fsp3) is 0.259. The van der Waals surface area contributed by atoms with Gasteiger partial charge in [0.15, 0.2) is 0 Å². The van der Waals surface area contributed by atoms with Gasteiger partial charge in [-0.15, -0.1) is 0 Å². The van der Waals surface area contributed by atoms with Crippen molar-refractivity contribution in [1.82, 2.24) is 19.8 Å². The number of rotatable bonds is 6. The van der Waals surface area contributed by atoms with E-state index in [2.05, 4.69) is 19.8 Å². The zero-order valence-corrected chi connectivity index (χ0v) is 19.6. The van der Waals surface area contributed by atoms with Gasteiger partial charge < -0.3 is 24.5 Å². The minimum absolute atomic E-state index is 0.0667. The maximum Gasteiger partial charge on any atom is 0.259 e. The molecule has 9 heteroatoms. The number of fused-ring (bicyclic) bond motifs is 2. The average Bonchev–Trinajstić information content (AvgIpc) is 3.52.